The molecule has 3 nitrogen and oxygen atoms in total. The van der Waals surface area contributed by atoms with Crippen LogP contribution in [0.15, 0.2) is 12.1 Å². The number of hydrogen-bond acceptors (Lipinski definition) is 2. The Morgan fingerprint density at radius 2 is 1.83 bits per heavy atom. The minimum Gasteiger partial charge on any atom is -0.381 e. The van der Waals surface area contributed by atoms with Gasteiger partial charge in [-0.3, -0.25) is 4.79 Å². The van der Waals surface area contributed by atoms with Crippen LogP contribution in [0, 0.1) is 24.0 Å². The molecule has 1 aromatic rings. The fourth-order valence-electron chi connectivity index (χ4n) is 1.56. The third-order valence-corrected chi connectivity index (χ3v) is 2.85. The molecule has 23 heavy (non-hydrogen) atoms. The van der Waals surface area contributed by atoms with E-state index in [1.807, 2.05) is 0 Å². The average Bonchev–Trinajstić information content (AvgIpc) is 2.46. The van der Waals surface area contributed by atoms with Crippen molar-refractivity contribution in [3.05, 3.63) is 29.3 Å². The molecule has 1 aromatic carbocycles. The highest BCUT2D eigenvalue weighted by Gasteiger charge is 2.24. The zero-order valence-corrected chi connectivity index (χ0v) is 12.4. The van der Waals surface area contributed by atoms with E-state index in [1.54, 1.807) is 0 Å². The van der Waals surface area contributed by atoms with Gasteiger partial charge in [-0.1, -0.05) is 5.92 Å². The molecular formula is C15H15F5N2O. The lowest BCUT2D eigenvalue weighted by molar-refractivity contribution is 0.0571. The molecule has 8 heteroatoms. The maximum Gasteiger partial charge on any atom is 0.271 e. The van der Waals surface area contributed by atoms with Gasteiger partial charge >= 0.3 is 0 Å². The molecule has 0 aliphatic heterocycles. The molecule has 126 valence electrons. The summed E-state index contributed by atoms with van der Waals surface area (Å²) < 4.78 is 63.9. The number of carbonyl (C=O) groups excluding carboxylic acids is 1. The van der Waals surface area contributed by atoms with Gasteiger partial charge in [-0.05, 0) is 19.9 Å². The number of anilines is 1. The Labute approximate surface area is 130 Å². The smallest absolute Gasteiger partial charge is 0.271 e. The molecule has 0 radical (unpaired) electrons. The van der Waals surface area contributed by atoms with Gasteiger partial charge in [-0.2, -0.15) is 0 Å². The number of hydrogen-bond donors (Lipinski definition) is 2. The van der Waals surface area contributed by atoms with E-state index in [1.165, 1.54) is 13.8 Å². The lowest BCUT2D eigenvalue weighted by atomic mass is 10.0. The monoisotopic (exact) mass is 334 g/mol. The van der Waals surface area contributed by atoms with E-state index in [4.69, 9.17) is 6.42 Å². The Kier molecular flexibility index (Phi) is 5.96. The fraction of sp³-hybridized carbons (Fsp3) is 0.400. The van der Waals surface area contributed by atoms with Gasteiger partial charge < -0.3 is 10.6 Å². The van der Waals surface area contributed by atoms with Crippen molar-refractivity contribution in [2.45, 2.75) is 32.0 Å². The van der Waals surface area contributed by atoms with Crippen LogP contribution >= 0.6 is 0 Å². The summed E-state index contributed by atoms with van der Waals surface area (Å²) in [6.07, 6.45) is -0.563. The number of carbonyl (C=O) groups is 1. The second-order valence-electron chi connectivity index (χ2n) is 5.27. The van der Waals surface area contributed by atoms with Gasteiger partial charge in [-0.25, -0.2) is 22.0 Å². The molecule has 0 aliphatic carbocycles. The van der Waals surface area contributed by atoms with Crippen LogP contribution in [-0.4, -0.2) is 30.6 Å². The van der Waals surface area contributed by atoms with Gasteiger partial charge in [0.05, 0.1) is 23.3 Å². The summed E-state index contributed by atoms with van der Waals surface area (Å²) in [5.41, 5.74) is -1.78. The normalized spacial score (nSPS) is 12.7. The second kappa shape index (κ2) is 7.31. The Morgan fingerprint density at radius 1 is 1.26 bits per heavy atom. The molecule has 1 atom stereocenters. The second-order valence-corrected chi connectivity index (χ2v) is 5.27. The molecule has 0 aromatic heterocycles. The van der Waals surface area contributed by atoms with E-state index in [-0.39, 0.29) is 11.3 Å². The molecule has 1 unspecified atom stereocenters. The van der Waals surface area contributed by atoms with Crippen molar-refractivity contribution in [1.29, 1.82) is 0 Å². The average molecular weight is 334 g/mol. The van der Waals surface area contributed by atoms with E-state index in [0.717, 1.165) is 0 Å². The first-order valence-corrected chi connectivity index (χ1v) is 6.53. The number of rotatable bonds is 6. The van der Waals surface area contributed by atoms with Gasteiger partial charge in [0.2, 0.25) is 0 Å². The lowest BCUT2D eigenvalue weighted by Crippen LogP contribution is -2.42. The quantitative estimate of drug-likeness (QED) is 0.620. The van der Waals surface area contributed by atoms with E-state index in [2.05, 4.69) is 16.6 Å². The van der Waals surface area contributed by atoms with Gasteiger partial charge in [0.25, 0.3) is 12.3 Å². The van der Waals surface area contributed by atoms with Gasteiger partial charge in [0, 0.05) is 6.07 Å². The highest BCUT2D eigenvalue weighted by Crippen LogP contribution is 2.21. The number of benzene rings is 1. The summed E-state index contributed by atoms with van der Waals surface area (Å²) in [7, 11) is 0. The first kappa shape index (κ1) is 18.7. The van der Waals surface area contributed by atoms with Crippen LogP contribution in [-0.2, 0) is 0 Å². The summed E-state index contributed by atoms with van der Waals surface area (Å²) >= 11 is 0. The Balaban J connectivity index is 3.08. The number of amides is 1. The summed E-state index contributed by atoms with van der Waals surface area (Å²) in [4.78, 5) is 12.1. The number of halogens is 5. The Morgan fingerprint density at radius 3 is 2.35 bits per heavy atom. The van der Waals surface area contributed by atoms with Crippen LogP contribution in [0.5, 0.6) is 0 Å². The molecular weight excluding hydrogens is 319 g/mol. The van der Waals surface area contributed by atoms with Crippen LogP contribution in [0.2, 0.25) is 0 Å². The molecule has 0 bridgehead atoms. The predicted molar refractivity (Wildman–Crippen MR) is 76.1 cm³/mol. The molecule has 2 N–H and O–H groups in total. The number of terminal acetylenes is 1. The van der Waals surface area contributed by atoms with Crippen LogP contribution in [0.1, 0.15) is 24.2 Å². The van der Waals surface area contributed by atoms with Crippen molar-refractivity contribution in [3.8, 4) is 12.3 Å². The van der Waals surface area contributed by atoms with Crippen LogP contribution in [0.4, 0.5) is 27.6 Å². The summed E-state index contributed by atoms with van der Waals surface area (Å²) in [6.45, 7) is 2.11. The first-order valence-electron chi connectivity index (χ1n) is 6.53. The zero-order valence-electron chi connectivity index (χ0n) is 12.4. The number of alkyl halides is 3. The molecule has 0 fully saturated rings. The minimum atomic E-state index is -3.24. The maximum absolute atomic E-state index is 13.3. The fourth-order valence-corrected chi connectivity index (χ4v) is 1.56. The molecule has 0 aliphatic rings. The molecule has 0 saturated carbocycles. The van der Waals surface area contributed by atoms with Crippen molar-refractivity contribution in [2.24, 2.45) is 0 Å². The SMILES string of the molecule is C#CC(C)(C)NC(=O)c1cc(F)c(F)cc1NCC(F)C(F)F. The summed E-state index contributed by atoms with van der Waals surface area (Å²) in [5.74, 6) is -1.21. The van der Waals surface area contributed by atoms with Crippen molar-refractivity contribution in [3.63, 3.8) is 0 Å². The zero-order chi connectivity index (χ0) is 17.8. The molecule has 0 saturated heterocycles. The van der Waals surface area contributed by atoms with Gasteiger partial charge in [0.15, 0.2) is 17.8 Å². The topological polar surface area (TPSA) is 41.1 Å². The highest BCUT2D eigenvalue weighted by molar-refractivity contribution is 6.00. The van der Waals surface area contributed by atoms with Crippen LogP contribution in [0.25, 0.3) is 0 Å². The summed E-state index contributed by atoms with van der Waals surface area (Å²) in [5, 5.41) is 4.55. The van der Waals surface area contributed by atoms with E-state index in [0.29, 0.717) is 12.1 Å². The highest BCUT2D eigenvalue weighted by atomic mass is 19.3. The van der Waals surface area contributed by atoms with E-state index < -0.39 is 42.2 Å². The first-order chi connectivity index (χ1) is 10.6. The molecule has 1 amide bonds. The molecule has 0 heterocycles. The van der Waals surface area contributed by atoms with E-state index >= 15 is 0 Å². The van der Waals surface area contributed by atoms with Crippen molar-refractivity contribution in [2.75, 3.05) is 11.9 Å². The van der Waals surface area contributed by atoms with Gasteiger partial charge in [-0.15, -0.1) is 6.42 Å². The van der Waals surface area contributed by atoms with Crippen molar-refractivity contribution < 1.29 is 26.7 Å². The Hall–Kier alpha value is -2.30. The molecule has 0 spiro atoms. The minimum absolute atomic E-state index is 0.322. The van der Waals surface area contributed by atoms with Crippen molar-refractivity contribution >= 4 is 11.6 Å². The largest absolute Gasteiger partial charge is 0.381 e. The third kappa shape index (κ3) is 5.13. The molecule has 1 rings (SSSR count). The maximum atomic E-state index is 13.3. The van der Waals surface area contributed by atoms with Crippen LogP contribution < -0.4 is 10.6 Å². The van der Waals surface area contributed by atoms with E-state index in [9.17, 15) is 26.7 Å². The standard InChI is InChI=1S/C15H15F5N2O/c1-4-15(2,3)22-14(23)8-5-9(16)10(17)6-12(8)21-7-11(18)13(19)20/h1,5-6,11,13,21H,7H2,2-3H3,(H,22,23). The Bertz CT molecular complexity index is 625. The third-order valence-electron chi connectivity index (χ3n) is 2.85. The van der Waals surface area contributed by atoms with Gasteiger partial charge in [0.1, 0.15) is 0 Å². The predicted octanol–water partition coefficient (Wildman–Crippen LogP) is 3.12. The number of nitrogens with one attached hydrogen (secondary N) is 2. The summed E-state index contributed by atoms with van der Waals surface area (Å²) in [6, 6.07) is 1.17. The van der Waals surface area contributed by atoms with Crippen LogP contribution in [0.3, 0.4) is 0 Å². The van der Waals surface area contributed by atoms with Crippen molar-refractivity contribution in [1.82, 2.24) is 5.32 Å². The lowest BCUT2D eigenvalue weighted by Gasteiger charge is -2.21.